The molecule has 1 rings (SSSR count). The molecule has 0 aromatic carbocycles. The standard InChI is InChI=1S/C9H15N3O4S/c1-6(2)12-8(10-5-11-12)4-17(15,16)7(3)9(13)14/h5-7H,4H2,1-3H3,(H,13,14). The van der Waals surface area contributed by atoms with Gasteiger partial charge in [0.2, 0.25) is 0 Å². The first-order chi connectivity index (χ1) is 7.75. The molecular formula is C9H15N3O4S. The van der Waals surface area contributed by atoms with E-state index in [1.54, 1.807) is 0 Å². The summed E-state index contributed by atoms with van der Waals surface area (Å²) in [6, 6.07) is -0.0252. The second kappa shape index (κ2) is 4.82. The maximum atomic E-state index is 11.8. The highest BCUT2D eigenvalue weighted by atomic mass is 32.2. The average Bonchev–Trinajstić information content (AvgIpc) is 2.63. The molecule has 8 heteroatoms. The normalized spacial score (nSPS) is 13.9. The zero-order valence-corrected chi connectivity index (χ0v) is 10.7. The molecule has 0 aliphatic heterocycles. The third-order valence-electron chi connectivity index (χ3n) is 2.35. The Bertz CT molecular complexity index is 506. The Balaban J connectivity index is 2.99. The summed E-state index contributed by atoms with van der Waals surface area (Å²) in [5.41, 5.74) is 0. The molecule has 1 N–H and O–H groups in total. The first-order valence-electron chi connectivity index (χ1n) is 5.08. The number of nitrogens with zero attached hydrogens (tertiary/aromatic N) is 3. The zero-order chi connectivity index (χ0) is 13.2. The van der Waals surface area contributed by atoms with Gasteiger partial charge in [0.25, 0.3) is 0 Å². The SMILES string of the molecule is CC(C)n1ncnc1CS(=O)(=O)C(C)C(=O)O. The average molecular weight is 261 g/mol. The van der Waals surface area contributed by atoms with Crippen molar-refractivity contribution >= 4 is 15.8 Å². The van der Waals surface area contributed by atoms with Crippen LogP contribution in [0.2, 0.25) is 0 Å². The molecular weight excluding hydrogens is 246 g/mol. The number of rotatable bonds is 5. The van der Waals surface area contributed by atoms with E-state index in [2.05, 4.69) is 10.1 Å². The van der Waals surface area contributed by atoms with Crippen molar-refractivity contribution in [2.24, 2.45) is 0 Å². The van der Waals surface area contributed by atoms with Crippen LogP contribution in [0.1, 0.15) is 32.6 Å². The third-order valence-corrected chi connectivity index (χ3v) is 4.29. The van der Waals surface area contributed by atoms with Crippen molar-refractivity contribution in [3.8, 4) is 0 Å². The van der Waals surface area contributed by atoms with Crippen LogP contribution in [0.15, 0.2) is 6.33 Å². The fourth-order valence-corrected chi connectivity index (χ4v) is 2.39. The Morgan fingerprint density at radius 3 is 2.53 bits per heavy atom. The van der Waals surface area contributed by atoms with Crippen LogP contribution in [0, 0.1) is 0 Å². The molecule has 1 heterocycles. The smallest absolute Gasteiger partial charge is 0.321 e. The second-order valence-electron chi connectivity index (χ2n) is 4.00. The van der Waals surface area contributed by atoms with E-state index in [-0.39, 0.29) is 11.9 Å². The van der Waals surface area contributed by atoms with E-state index in [0.29, 0.717) is 0 Å². The summed E-state index contributed by atoms with van der Waals surface area (Å²) < 4.78 is 25.0. The van der Waals surface area contributed by atoms with Crippen LogP contribution in [0.25, 0.3) is 0 Å². The molecule has 0 saturated carbocycles. The minimum atomic E-state index is -3.76. The number of sulfone groups is 1. The molecule has 1 unspecified atom stereocenters. The first-order valence-corrected chi connectivity index (χ1v) is 6.80. The Kier molecular flexibility index (Phi) is 3.87. The second-order valence-corrected chi connectivity index (χ2v) is 6.32. The summed E-state index contributed by atoms with van der Waals surface area (Å²) in [4.78, 5) is 14.5. The lowest BCUT2D eigenvalue weighted by molar-refractivity contribution is -0.136. The molecule has 0 bridgehead atoms. The fraction of sp³-hybridized carbons (Fsp3) is 0.667. The van der Waals surface area contributed by atoms with Gasteiger partial charge in [0.1, 0.15) is 17.9 Å². The molecule has 7 nitrogen and oxygen atoms in total. The van der Waals surface area contributed by atoms with Gasteiger partial charge in [-0.05, 0) is 20.8 Å². The number of hydrogen-bond acceptors (Lipinski definition) is 5. The summed E-state index contributed by atoms with van der Waals surface area (Å²) in [6.45, 7) is 4.82. The highest BCUT2D eigenvalue weighted by Crippen LogP contribution is 2.12. The van der Waals surface area contributed by atoms with Crippen molar-refractivity contribution in [1.29, 1.82) is 0 Å². The highest BCUT2D eigenvalue weighted by molar-refractivity contribution is 7.91. The number of carboxylic acids is 1. The van der Waals surface area contributed by atoms with E-state index in [1.807, 2.05) is 13.8 Å². The van der Waals surface area contributed by atoms with Crippen LogP contribution in [0.5, 0.6) is 0 Å². The van der Waals surface area contributed by atoms with Gasteiger partial charge in [-0.3, -0.25) is 4.79 Å². The van der Waals surface area contributed by atoms with E-state index < -0.39 is 26.8 Å². The number of carboxylic acid groups (broad SMARTS) is 1. The molecule has 1 atom stereocenters. The van der Waals surface area contributed by atoms with Gasteiger partial charge >= 0.3 is 5.97 Å². The predicted molar refractivity (Wildman–Crippen MR) is 60.1 cm³/mol. The lowest BCUT2D eigenvalue weighted by Gasteiger charge is -2.11. The van der Waals surface area contributed by atoms with Gasteiger partial charge in [0.05, 0.1) is 0 Å². The van der Waals surface area contributed by atoms with Crippen molar-refractivity contribution in [2.45, 2.75) is 37.8 Å². The van der Waals surface area contributed by atoms with Crippen LogP contribution >= 0.6 is 0 Å². The minimum Gasteiger partial charge on any atom is -0.480 e. The lowest BCUT2D eigenvalue weighted by Crippen LogP contribution is -2.29. The van der Waals surface area contributed by atoms with E-state index in [0.717, 1.165) is 6.92 Å². The Morgan fingerprint density at radius 1 is 1.47 bits per heavy atom. The number of aliphatic carboxylic acids is 1. The lowest BCUT2D eigenvalue weighted by atomic mass is 10.4. The van der Waals surface area contributed by atoms with Gasteiger partial charge in [-0.1, -0.05) is 0 Å². The maximum absolute atomic E-state index is 11.8. The van der Waals surface area contributed by atoms with Gasteiger partial charge in [0.15, 0.2) is 15.1 Å². The zero-order valence-electron chi connectivity index (χ0n) is 9.86. The van der Waals surface area contributed by atoms with E-state index in [1.165, 1.54) is 11.0 Å². The van der Waals surface area contributed by atoms with Gasteiger partial charge in [-0.25, -0.2) is 18.1 Å². The maximum Gasteiger partial charge on any atom is 0.321 e. The van der Waals surface area contributed by atoms with Gasteiger partial charge in [-0.2, -0.15) is 5.10 Å². The van der Waals surface area contributed by atoms with Gasteiger partial charge in [0, 0.05) is 6.04 Å². The van der Waals surface area contributed by atoms with Crippen molar-refractivity contribution < 1.29 is 18.3 Å². The van der Waals surface area contributed by atoms with Crippen LogP contribution in [-0.2, 0) is 20.4 Å². The number of hydrogen-bond donors (Lipinski definition) is 1. The summed E-state index contributed by atoms with van der Waals surface area (Å²) in [5.74, 6) is -1.52. The van der Waals surface area contributed by atoms with Crippen LogP contribution in [0.4, 0.5) is 0 Å². The molecule has 0 aliphatic rings. The van der Waals surface area contributed by atoms with E-state index in [9.17, 15) is 13.2 Å². The Labute approximate surface area is 99.4 Å². The fourth-order valence-electron chi connectivity index (χ4n) is 1.27. The van der Waals surface area contributed by atoms with Gasteiger partial charge in [-0.15, -0.1) is 0 Å². The summed E-state index contributed by atoms with van der Waals surface area (Å²) in [7, 11) is -3.76. The summed E-state index contributed by atoms with van der Waals surface area (Å²) >= 11 is 0. The van der Waals surface area contributed by atoms with Crippen LogP contribution in [-0.4, -0.2) is 39.5 Å². The summed E-state index contributed by atoms with van der Waals surface area (Å²) in [6.07, 6.45) is 1.26. The molecule has 0 amide bonds. The predicted octanol–water partition coefficient (Wildman–Crippen LogP) is 0.247. The molecule has 0 radical (unpaired) electrons. The molecule has 0 fully saturated rings. The van der Waals surface area contributed by atoms with Crippen molar-refractivity contribution in [2.75, 3.05) is 0 Å². The van der Waals surface area contributed by atoms with Crippen LogP contribution < -0.4 is 0 Å². The molecule has 0 saturated heterocycles. The van der Waals surface area contributed by atoms with Crippen molar-refractivity contribution in [3.63, 3.8) is 0 Å². The Hall–Kier alpha value is -1.44. The Morgan fingerprint density at radius 2 is 2.06 bits per heavy atom. The first kappa shape index (κ1) is 13.6. The molecule has 0 spiro atoms. The van der Waals surface area contributed by atoms with E-state index in [4.69, 9.17) is 5.11 Å². The third kappa shape index (κ3) is 3.02. The molecule has 1 aromatic rings. The minimum absolute atomic E-state index is 0.0252. The molecule has 0 aliphatic carbocycles. The molecule has 96 valence electrons. The number of aromatic nitrogens is 3. The quantitative estimate of drug-likeness (QED) is 0.815. The monoisotopic (exact) mass is 261 g/mol. The topological polar surface area (TPSA) is 102 Å². The van der Waals surface area contributed by atoms with Crippen molar-refractivity contribution in [1.82, 2.24) is 14.8 Å². The highest BCUT2D eigenvalue weighted by Gasteiger charge is 2.29. The largest absolute Gasteiger partial charge is 0.480 e. The molecule has 1 aromatic heterocycles. The van der Waals surface area contributed by atoms with Crippen molar-refractivity contribution in [3.05, 3.63) is 12.2 Å². The molecule has 17 heavy (non-hydrogen) atoms. The summed E-state index contributed by atoms with van der Waals surface area (Å²) in [5, 5.41) is 11.2. The number of carbonyl (C=O) groups is 1. The van der Waals surface area contributed by atoms with E-state index >= 15 is 0 Å². The van der Waals surface area contributed by atoms with Crippen LogP contribution in [0.3, 0.4) is 0 Å². The van der Waals surface area contributed by atoms with Gasteiger partial charge < -0.3 is 5.11 Å².